The summed E-state index contributed by atoms with van der Waals surface area (Å²) < 4.78 is 5.52. The van der Waals surface area contributed by atoms with Gasteiger partial charge in [-0.05, 0) is 54.7 Å². The van der Waals surface area contributed by atoms with Crippen LogP contribution in [0.5, 0.6) is 0 Å². The fraction of sp³-hybridized carbons (Fsp3) is 0.500. The summed E-state index contributed by atoms with van der Waals surface area (Å²) in [5.74, 6) is 2.05. The number of amides is 2. The molecule has 2 fully saturated rings. The van der Waals surface area contributed by atoms with Gasteiger partial charge >= 0.3 is 0 Å². The molecular formula is C24H31N3O3S2. The Labute approximate surface area is 198 Å². The second-order valence-electron chi connectivity index (χ2n) is 8.37. The number of hydrogen-bond acceptors (Lipinski definition) is 6. The highest BCUT2D eigenvalue weighted by molar-refractivity contribution is 7.99. The Morgan fingerprint density at radius 1 is 1.16 bits per heavy atom. The van der Waals surface area contributed by atoms with Gasteiger partial charge in [0, 0.05) is 53.5 Å². The smallest absolute Gasteiger partial charge is 0.251 e. The van der Waals surface area contributed by atoms with Crippen LogP contribution >= 0.6 is 23.1 Å². The highest BCUT2D eigenvalue weighted by Crippen LogP contribution is 2.33. The number of rotatable bonds is 9. The summed E-state index contributed by atoms with van der Waals surface area (Å²) in [7, 11) is 0. The van der Waals surface area contributed by atoms with E-state index >= 15 is 0 Å². The van der Waals surface area contributed by atoms with Gasteiger partial charge in [0.15, 0.2) is 0 Å². The van der Waals surface area contributed by atoms with E-state index in [9.17, 15) is 9.59 Å². The monoisotopic (exact) mass is 473 g/mol. The van der Waals surface area contributed by atoms with E-state index in [1.807, 2.05) is 30.0 Å². The third kappa shape index (κ3) is 6.13. The number of anilines is 1. The standard InChI is InChI=1S/C24H31N3O3S2/c28-22(8-2-6-21-7-3-14-32-21)26-20-5-1-4-19(16-20)23(29)25-17-24(9-15-31-18-24)27-10-12-30-13-11-27/h1,3-5,7,14,16H,2,6,8-13,15,17-18H2,(H,25,29)(H,26,28). The minimum absolute atomic E-state index is 0.0124. The lowest BCUT2D eigenvalue weighted by Gasteiger charge is -2.43. The van der Waals surface area contributed by atoms with Crippen LogP contribution in [-0.4, -0.2) is 66.6 Å². The molecule has 2 aromatic rings. The van der Waals surface area contributed by atoms with Crippen LogP contribution in [0.3, 0.4) is 0 Å². The van der Waals surface area contributed by atoms with E-state index in [0.717, 1.165) is 57.1 Å². The Morgan fingerprint density at radius 3 is 2.78 bits per heavy atom. The lowest BCUT2D eigenvalue weighted by Crippen LogP contribution is -2.59. The number of benzene rings is 1. The summed E-state index contributed by atoms with van der Waals surface area (Å²) >= 11 is 3.68. The summed E-state index contributed by atoms with van der Waals surface area (Å²) in [5.41, 5.74) is 1.25. The molecule has 1 aromatic carbocycles. The van der Waals surface area contributed by atoms with Gasteiger partial charge in [0.25, 0.3) is 5.91 Å². The van der Waals surface area contributed by atoms with Crippen molar-refractivity contribution in [2.75, 3.05) is 49.7 Å². The van der Waals surface area contributed by atoms with Gasteiger partial charge in [-0.3, -0.25) is 14.5 Å². The third-order valence-electron chi connectivity index (χ3n) is 6.16. The molecule has 0 radical (unpaired) electrons. The molecule has 1 aromatic heterocycles. The minimum atomic E-state index is -0.0941. The number of carbonyl (C=O) groups excluding carboxylic acids is 2. The number of nitrogens with zero attached hydrogens (tertiary/aromatic N) is 1. The average Bonchev–Trinajstić information content (AvgIpc) is 3.51. The van der Waals surface area contributed by atoms with Gasteiger partial charge < -0.3 is 15.4 Å². The van der Waals surface area contributed by atoms with Gasteiger partial charge in [-0.1, -0.05) is 12.1 Å². The van der Waals surface area contributed by atoms with E-state index in [4.69, 9.17) is 4.74 Å². The molecule has 0 aliphatic carbocycles. The first-order valence-electron chi connectivity index (χ1n) is 11.3. The van der Waals surface area contributed by atoms with E-state index in [2.05, 4.69) is 27.0 Å². The second kappa shape index (κ2) is 11.3. The molecule has 2 aliphatic heterocycles. The van der Waals surface area contributed by atoms with Crippen molar-refractivity contribution in [3.8, 4) is 0 Å². The predicted molar refractivity (Wildman–Crippen MR) is 132 cm³/mol. The Bertz CT molecular complexity index is 892. The van der Waals surface area contributed by atoms with Gasteiger partial charge in [0.2, 0.25) is 5.91 Å². The largest absolute Gasteiger partial charge is 0.379 e. The lowest BCUT2D eigenvalue weighted by atomic mass is 9.95. The molecule has 0 bridgehead atoms. The highest BCUT2D eigenvalue weighted by atomic mass is 32.2. The fourth-order valence-electron chi connectivity index (χ4n) is 4.32. The summed E-state index contributed by atoms with van der Waals surface area (Å²) in [6, 6.07) is 11.3. The number of ether oxygens (including phenoxy) is 1. The predicted octanol–water partition coefficient (Wildman–Crippen LogP) is 3.65. The van der Waals surface area contributed by atoms with Gasteiger partial charge in [-0.2, -0.15) is 11.8 Å². The van der Waals surface area contributed by atoms with Crippen LogP contribution < -0.4 is 10.6 Å². The van der Waals surface area contributed by atoms with Gasteiger partial charge in [-0.25, -0.2) is 0 Å². The second-order valence-corrected chi connectivity index (χ2v) is 10.5. The number of morpholine rings is 1. The number of aryl methyl sites for hydroxylation is 1. The van der Waals surface area contributed by atoms with Crippen molar-refractivity contribution in [2.45, 2.75) is 31.2 Å². The lowest BCUT2D eigenvalue weighted by molar-refractivity contribution is -0.116. The molecule has 2 amide bonds. The molecule has 2 N–H and O–H groups in total. The van der Waals surface area contributed by atoms with Crippen molar-refractivity contribution in [3.05, 3.63) is 52.2 Å². The molecule has 1 unspecified atom stereocenters. The summed E-state index contributed by atoms with van der Waals surface area (Å²) in [4.78, 5) is 29.0. The van der Waals surface area contributed by atoms with E-state index in [1.165, 1.54) is 4.88 Å². The number of nitrogens with one attached hydrogen (secondary N) is 2. The number of thioether (sulfide) groups is 1. The van der Waals surface area contributed by atoms with E-state index in [-0.39, 0.29) is 17.4 Å². The van der Waals surface area contributed by atoms with Crippen LogP contribution in [0.25, 0.3) is 0 Å². The van der Waals surface area contributed by atoms with E-state index < -0.39 is 0 Å². The molecule has 32 heavy (non-hydrogen) atoms. The van der Waals surface area contributed by atoms with Crippen LogP contribution in [0.15, 0.2) is 41.8 Å². The summed E-state index contributed by atoms with van der Waals surface area (Å²) in [5, 5.41) is 8.15. The maximum atomic E-state index is 12.9. The van der Waals surface area contributed by atoms with Gasteiger partial charge in [-0.15, -0.1) is 11.3 Å². The van der Waals surface area contributed by atoms with Crippen molar-refractivity contribution in [1.29, 1.82) is 0 Å². The molecule has 6 nitrogen and oxygen atoms in total. The molecule has 2 saturated heterocycles. The highest BCUT2D eigenvalue weighted by Gasteiger charge is 2.40. The maximum Gasteiger partial charge on any atom is 0.251 e. The Morgan fingerprint density at radius 2 is 2.03 bits per heavy atom. The maximum absolute atomic E-state index is 12.9. The molecule has 172 valence electrons. The summed E-state index contributed by atoms with van der Waals surface area (Å²) in [6.45, 7) is 4.00. The number of thiophene rings is 1. The molecule has 0 saturated carbocycles. The first-order valence-corrected chi connectivity index (χ1v) is 13.3. The van der Waals surface area contributed by atoms with E-state index in [1.54, 1.807) is 23.5 Å². The van der Waals surface area contributed by atoms with Crippen LogP contribution in [0, 0.1) is 0 Å². The first kappa shape index (κ1) is 23.3. The first-order chi connectivity index (χ1) is 15.6. The van der Waals surface area contributed by atoms with Gasteiger partial charge in [0.05, 0.1) is 13.2 Å². The third-order valence-corrected chi connectivity index (χ3v) is 8.33. The normalized spacial score (nSPS) is 21.4. The quantitative estimate of drug-likeness (QED) is 0.582. The zero-order valence-electron chi connectivity index (χ0n) is 18.3. The van der Waals surface area contributed by atoms with Crippen LogP contribution in [0.4, 0.5) is 5.69 Å². The van der Waals surface area contributed by atoms with Crippen molar-refractivity contribution in [1.82, 2.24) is 10.2 Å². The number of carbonyl (C=O) groups is 2. The average molecular weight is 474 g/mol. The Hall–Kier alpha value is -1.87. The van der Waals surface area contributed by atoms with Crippen molar-refractivity contribution >= 4 is 40.6 Å². The molecule has 1 atom stereocenters. The van der Waals surface area contributed by atoms with Crippen molar-refractivity contribution in [2.24, 2.45) is 0 Å². The minimum Gasteiger partial charge on any atom is -0.379 e. The Kier molecular flexibility index (Phi) is 8.24. The number of hydrogen-bond donors (Lipinski definition) is 2. The van der Waals surface area contributed by atoms with Crippen LogP contribution in [-0.2, 0) is 16.0 Å². The van der Waals surface area contributed by atoms with Crippen LogP contribution in [0.2, 0.25) is 0 Å². The molecule has 2 aliphatic rings. The molecule has 3 heterocycles. The Balaban J connectivity index is 1.29. The zero-order valence-corrected chi connectivity index (χ0v) is 19.9. The van der Waals surface area contributed by atoms with Gasteiger partial charge in [0.1, 0.15) is 0 Å². The topological polar surface area (TPSA) is 70.7 Å². The summed E-state index contributed by atoms with van der Waals surface area (Å²) in [6.07, 6.45) is 3.28. The van der Waals surface area contributed by atoms with Crippen molar-refractivity contribution in [3.63, 3.8) is 0 Å². The molecule has 0 spiro atoms. The van der Waals surface area contributed by atoms with Crippen LogP contribution in [0.1, 0.15) is 34.5 Å². The zero-order chi connectivity index (χ0) is 22.2. The molecular weight excluding hydrogens is 442 g/mol. The molecule has 4 rings (SSSR count). The fourth-order valence-corrected chi connectivity index (χ4v) is 6.55. The SMILES string of the molecule is O=C(CCCc1cccs1)Nc1cccc(C(=O)NCC2(N3CCOCC3)CCSC2)c1. The van der Waals surface area contributed by atoms with E-state index in [0.29, 0.717) is 24.2 Å². The molecule has 8 heteroatoms. The van der Waals surface area contributed by atoms with Crippen molar-refractivity contribution < 1.29 is 14.3 Å².